The van der Waals surface area contributed by atoms with Crippen molar-refractivity contribution in [3.8, 4) is 0 Å². The van der Waals surface area contributed by atoms with Crippen LogP contribution in [-0.4, -0.2) is 87.2 Å². The number of pyridine rings is 1. The standard InChI is InChI=1S/C22H24N4O2.C17H20N2O/c1-24(2)21(27)15-26-14-18(17-7-3-4-9-20(17)26)16-10-12-25(13-16)22(28)19-8-5-6-11-23-19;20-17(12-4-3-5-12)19-9-8-13(11-19)15-10-18-16-7-2-1-6-14(15)16/h3-9,11,14,16H,10,12-13,15H2,1-2H3;1-2,6-7,10,12-13,18H,3-5,8-9,11H2. The fraction of sp³-hybridized carbons (Fsp3) is 0.385. The Balaban J connectivity index is 0.000000160. The first-order valence-electron chi connectivity index (χ1n) is 17.2. The van der Waals surface area contributed by atoms with E-state index >= 15 is 0 Å². The van der Waals surface area contributed by atoms with E-state index in [2.05, 4.69) is 57.6 Å². The van der Waals surface area contributed by atoms with Crippen LogP contribution in [0.3, 0.4) is 0 Å². The average Bonchev–Trinajstić information content (AvgIpc) is 3.90. The molecule has 2 saturated heterocycles. The van der Waals surface area contributed by atoms with Crippen LogP contribution in [0.25, 0.3) is 21.8 Å². The number of aromatic nitrogens is 3. The summed E-state index contributed by atoms with van der Waals surface area (Å²) in [7, 11) is 3.54. The second-order valence-electron chi connectivity index (χ2n) is 13.7. The van der Waals surface area contributed by atoms with Gasteiger partial charge in [-0.3, -0.25) is 19.4 Å². The van der Waals surface area contributed by atoms with Crippen molar-refractivity contribution in [1.29, 1.82) is 0 Å². The van der Waals surface area contributed by atoms with E-state index in [4.69, 9.17) is 0 Å². The number of rotatable bonds is 6. The molecule has 1 N–H and O–H groups in total. The summed E-state index contributed by atoms with van der Waals surface area (Å²) in [5, 5.41) is 2.47. The SMILES string of the molecule is CN(C)C(=O)Cn1cc(C2CCN(C(=O)c3ccccn3)C2)c2ccccc21.O=C(C1CCC1)N1CCC(c2c[nH]c3ccccc23)C1. The maximum absolute atomic E-state index is 12.7. The van der Waals surface area contributed by atoms with Crippen LogP contribution < -0.4 is 0 Å². The normalized spacial score (nSPS) is 19.3. The van der Waals surface area contributed by atoms with Crippen LogP contribution in [-0.2, 0) is 16.1 Å². The molecule has 2 atom stereocenters. The first-order valence-corrected chi connectivity index (χ1v) is 17.2. The lowest BCUT2D eigenvalue weighted by Crippen LogP contribution is -2.37. The molecule has 0 radical (unpaired) electrons. The third-order valence-electron chi connectivity index (χ3n) is 10.4. The van der Waals surface area contributed by atoms with E-state index in [1.54, 1.807) is 31.3 Å². The Bertz CT molecular complexity index is 1920. The van der Waals surface area contributed by atoms with E-state index in [9.17, 15) is 14.4 Å². The van der Waals surface area contributed by atoms with Crippen molar-refractivity contribution < 1.29 is 14.4 Å². The van der Waals surface area contributed by atoms with Gasteiger partial charge in [0.05, 0.1) is 0 Å². The highest BCUT2D eigenvalue weighted by Gasteiger charge is 2.35. The van der Waals surface area contributed by atoms with Crippen molar-refractivity contribution >= 4 is 39.5 Å². The van der Waals surface area contributed by atoms with Gasteiger partial charge in [0.25, 0.3) is 5.91 Å². The molecule has 5 heterocycles. The molecule has 1 aliphatic carbocycles. The number of likely N-dealkylation sites (tertiary alicyclic amines) is 2. The number of likely N-dealkylation sites (N-methyl/N-ethyl adjacent to an activating group) is 1. The summed E-state index contributed by atoms with van der Waals surface area (Å²) in [6.07, 6.45) is 11.3. The summed E-state index contributed by atoms with van der Waals surface area (Å²) in [4.78, 5) is 50.4. The Kier molecular flexibility index (Phi) is 9.02. The number of hydrogen-bond acceptors (Lipinski definition) is 4. The molecule has 0 bridgehead atoms. The maximum atomic E-state index is 12.7. The molecule has 3 aromatic heterocycles. The molecule has 5 aromatic rings. The van der Waals surface area contributed by atoms with Gasteiger partial charge in [-0.15, -0.1) is 0 Å². The van der Waals surface area contributed by atoms with E-state index in [1.807, 2.05) is 39.8 Å². The number of amides is 3. The molecular weight excluding hydrogens is 600 g/mol. The largest absolute Gasteiger partial charge is 0.361 e. The van der Waals surface area contributed by atoms with Crippen LogP contribution in [0.4, 0.5) is 0 Å². The molecule has 3 amide bonds. The number of aromatic amines is 1. The topological polar surface area (TPSA) is 94.5 Å². The minimum Gasteiger partial charge on any atom is -0.361 e. The Morgan fingerprint density at radius 1 is 0.812 bits per heavy atom. The highest BCUT2D eigenvalue weighted by Crippen LogP contribution is 2.36. The quantitative estimate of drug-likeness (QED) is 0.244. The van der Waals surface area contributed by atoms with Gasteiger partial charge < -0.3 is 24.3 Å². The fourth-order valence-corrected chi connectivity index (χ4v) is 7.43. The third kappa shape index (κ3) is 6.33. The fourth-order valence-electron chi connectivity index (χ4n) is 7.43. The molecule has 2 aliphatic heterocycles. The van der Waals surface area contributed by atoms with E-state index in [0.717, 1.165) is 56.2 Å². The maximum Gasteiger partial charge on any atom is 0.272 e. The Morgan fingerprint density at radius 2 is 1.50 bits per heavy atom. The van der Waals surface area contributed by atoms with Crippen molar-refractivity contribution in [3.05, 3.63) is 102 Å². The molecule has 9 heteroatoms. The molecular formula is C39H44N6O3. The number of para-hydroxylation sites is 2. The Labute approximate surface area is 281 Å². The summed E-state index contributed by atoms with van der Waals surface area (Å²) in [6.45, 7) is 3.54. The Morgan fingerprint density at radius 3 is 2.23 bits per heavy atom. The lowest BCUT2D eigenvalue weighted by molar-refractivity contribution is -0.137. The number of carbonyl (C=O) groups is 3. The van der Waals surface area contributed by atoms with Gasteiger partial charge in [0.15, 0.2) is 0 Å². The molecule has 3 fully saturated rings. The molecule has 48 heavy (non-hydrogen) atoms. The summed E-state index contributed by atoms with van der Waals surface area (Å²) < 4.78 is 2.02. The van der Waals surface area contributed by atoms with Crippen molar-refractivity contribution in [2.24, 2.45) is 5.92 Å². The monoisotopic (exact) mass is 644 g/mol. The predicted octanol–water partition coefficient (Wildman–Crippen LogP) is 6.04. The van der Waals surface area contributed by atoms with Gasteiger partial charge in [-0.1, -0.05) is 48.9 Å². The number of nitrogens with zero attached hydrogens (tertiary/aromatic N) is 5. The van der Waals surface area contributed by atoms with Crippen molar-refractivity contribution in [1.82, 2.24) is 29.2 Å². The molecule has 0 spiro atoms. The second-order valence-corrected chi connectivity index (χ2v) is 13.7. The van der Waals surface area contributed by atoms with Crippen molar-refractivity contribution in [2.45, 2.75) is 50.5 Å². The minimum atomic E-state index is -0.0189. The summed E-state index contributed by atoms with van der Waals surface area (Å²) in [6, 6.07) is 22.0. The minimum absolute atomic E-state index is 0.0189. The lowest BCUT2D eigenvalue weighted by Gasteiger charge is -2.29. The third-order valence-corrected chi connectivity index (χ3v) is 10.4. The molecule has 8 rings (SSSR count). The Hall–Kier alpha value is -4.92. The van der Waals surface area contributed by atoms with Crippen LogP contribution in [0, 0.1) is 5.92 Å². The summed E-state index contributed by atoms with van der Waals surface area (Å²) in [5.41, 5.74) is 5.33. The van der Waals surface area contributed by atoms with Gasteiger partial charge in [0, 0.05) is 98.4 Å². The number of carbonyl (C=O) groups excluding carboxylic acids is 3. The van der Waals surface area contributed by atoms with Gasteiger partial charge in [-0.25, -0.2) is 0 Å². The molecule has 2 aromatic carbocycles. The molecule has 9 nitrogen and oxygen atoms in total. The van der Waals surface area contributed by atoms with Crippen LogP contribution in [0.5, 0.6) is 0 Å². The number of benzene rings is 2. The molecule has 248 valence electrons. The molecule has 3 aliphatic rings. The molecule has 2 unspecified atom stereocenters. The predicted molar refractivity (Wildman–Crippen MR) is 188 cm³/mol. The number of fused-ring (bicyclic) bond motifs is 2. The summed E-state index contributed by atoms with van der Waals surface area (Å²) >= 11 is 0. The first-order chi connectivity index (χ1) is 23.4. The van der Waals surface area contributed by atoms with Crippen molar-refractivity contribution in [2.75, 3.05) is 40.3 Å². The van der Waals surface area contributed by atoms with Crippen LogP contribution in [0.2, 0.25) is 0 Å². The summed E-state index contributed by atoms with van der Waals surface area (Å²) in [5.74, 6) is 1.53. The number of hydrogen-bond donors (Lipinski definition) is 1. The smallest absolute Gasteiger partial charge is 0.272 e. The number of nitrogens with one attached hydrogen (secondary N) is 1. The zero-order valence-corrected chi connectivity index (χ0v) is 27.8. The lowest BCUT2D eigenvalue weighted by atomic mass is 9.84. The van der Waals surface area contributed by atoms with Gasteiger partial charge in [-0.05, 0) is 61.1 Å². The van der Waals surface area contributed by atoms with Gasteiger partial charge in [0.1, 0.15) is 12.2 Å². The van der Waals surface area contributed by atoms with E-state index in [-0.39, 0.29) is 17.7 Å². The highest BCUT2D eigenvalue weighted by atomic mass is 16.2. The zero-order valence-electron chi connectivity index (χ0n) is 27.8. The molecule has 1 saturated carbocycles. The number of H-pyrrole nitrogens is 1. The van der Waals surface area contributed by atoms with E-state index in [1.165, 1.54) is 28.5 Å². The van der Waals surface area contributed by atoms with Crippen LogP contribution in [0.1, 0.15) is 65.6 Å². The van der Waals surface area contributed by atoms with Crippen molar-refractivity contribution in [3.63, 3.8) is 0 Å². The first kappa shape index (κ1) is 31.7. The van der Waals surface area contributed by atoms with Gasteiger partial charge >= 0.3 is 0 Å². The zero-order chi connectivity index (χ0) is 33.2. The van der Waals surface area contributed by atoms with Crippen LogP contribution in [0.15, 0.2) is 85.3 Å². The van der Waals surface area contributed by atoms with E-state index in [0.29, 0.717) is 36.5 Å². The second kappa shape index (κ2) is 13.7. The van der Waals surface area contributed by atoms with Crippen LogP contribution >= 0.6 is 0 Å². The van der Waals surface area contributed by atoms with Gasteiger partial charge in [0.2, 0.25) is 11.8 Å². The van der Waals surface area contributed by atoms with Gasteiger partial charge in [-0.2, -0.15) is 0 Å². The highest BCUT2D eigenvalue weighted by molar-refractivity contribution is 5.93. The van der Waals surface area contributed by atoms with E-state index < -0.39 is 0 Å². The average molecular weight is 645 g/mol.